The second kappa shape index (κ2) is 17.0. The molecule has 38 heavy (non-hydrogen) atoms. The summed E-state index contributed by atoms with van der Waals surface area (Å²) in [6.45, 7) is 6.07. The first-order valence-electron chi connectivity index (χ1n) is 14.5. The molecule has 2 unspecified atom stereocenters. The van der Waals surface area contributed by atoms with Gasteiger partial charge in [-0.1, -0.05) is 45.1 Å². The third-order valence-electron chi connectivity index (χ3n) is 7.99. The Morgan fingerprint density at radius 1 is 1.03 bits per heavy atom. The second-order valence-corrected chi connectivity index (χ2v) is 10.9. The highest BCUT2D eigenvalue weighted by atomic mass is 16.7. The Morgan fingerprint density at radius 2 is 1.79 bits per heavy atom. The average Bonchev–Trinajstić information content (AvgIpc) is 3.22. The quantitative estimate of drug-likeness (QED) is 0.132. The van der Waals surface area contributed by atoms with E-state index in [4.69, 9.17) is 23.7 Å². The smallest absolute Gasteiger partial charge is 0.305 e. The standard InChI is InChI=1S/C30H50O8/c1-6-7-19-30(3,35-5)27(32)18-17-24-23(14-10-8-9-11-15-28(33)34-4)25(37-22(2)31)21-26(24)38-29-16-12-13-20-36-29/h17-18,23-26,29H,6-16,19-21H2,1-5H3/b18-17+/t23-,24-,25+,26-,29?,30?/m1/s1. The molecule has 1 heterocycles. The highest BCUT2D eigenvalue weighted by Gasteiger charge is 2.45. The average molecular weight is 539 g/mol. The van der Waals surface area contributed by atoms with E-state index in [-0.39, 0.29) is 48.1 Å². The molecule has 0 spiro atoms. The van der Waals surface area contributed by atoms with Gasteiger partial charge >= 0.3 is 11.9 Å². The fourth-order valence-electron chi connectivity index (χ4n) is 5.56. The Labute approximate surface area is 229 Å². The van der Waals surface area contributed by atoms with Gasteiger partial charge in [-0.05, 0) is 51.5 Å². The fraction of sp³-hybridized carbons (Fsp3) is 0.833. The van der Waals surface area contributed by atoms with Gasteiger partial charge in [-0.3, -0.25) is 14.4 Å². The van der Waals surface area contributed by atoms with Crippen LogP contribution in [-0.2, 0) is 38.1 Å². The molecule has 1 aliphatic heterocycles. The molecule has 1 aliphatic carbocycles. The first kappa shape index (κ1) is 32.4. The Balaban J connectivity index is 2.17. The minimum Gasteiger partial charge on any atom is -0.469 e. The summed E-state index contributed by atoms with van der Waals surface area (Å²) in [7, 11) is 2.99. The highest BCUT2D eigenvalue weighted by molar-refractivity contribution is 5.96. The van der Waals surface area contributed by atoms with Gasteiger partial charge in [0.05, 0.1) is 13.2 Å². The van der Waals surface area contributed by atoms with Crippen molar-refractivity contribution in [1.29, 1.82) is 0 Å². The molecule has 2 fully saturated rings. The van der Waals surface area contributed by atoms with Crippen molar-refractivity contribution in [2.24, 2.45) is 11.8 Å². The van der Waals surface area contributed by atoms with Crippen molar-refractivity contribution in [2.45, 2.75) is 128 Å². The Morgan fingerprint density at radius 3 is 2.42 bits per heavy atom. The zero-order valence-corrected chi connectivity index (χ0v) is 24.2. The zero-order chi connectivity index (χ0) is 28.0. The maximum atomic E-state index is 13.2. The Hall–Kier alpha value is -1.77. The number of unbranched alkanes of at least 4 members (excludes halogenated alkanes) is 4. The van der Waals surface area contributed by atoms with Crippen molar-refractivity contribution in [1.82, 2.24) is 0 Å². The molecule has 0 N–H and O–H groups in total. The topological polar surface area (TPSA) is 97.4 Å². The van der Waals surface area contributed by atoms with Gasteiger partial charge in [0.2, 0.25) is 0 Å². The van der Waals surface area contributed by atoms with E-state index in [1.165, 1.54) is 14.0 Å². The Bertz CT molecular complexity index is 759. The summed E-state index contributed by atoms with van der Waals surface area (Å²) in [5.41, 5.74) is -0.863. The highest BCUT2D eigenvalue weighted by Crippen LogP contribution is 2.42. The van der Waals surface area contributed by atoms with Crippen LogP contribution in [0.5, 0.6) is 0 Å². The van der Waals surface area contributed by atoms with E-state index in [1.54, 1.807) is 13.2 Å². The molecule has 2 rings (SSSR count). The summed E-state index contributed by atoms with van der Waals surface area (Å²) in [4.78, 5) is 36.6. The third-order valence-corrected chi connectivity index (χ3v) is 7.99. The number of carbonyl (C=O) groups is 3. The molecule has 0 aromatic heterocycles. The number of hydrogen-bond acceptors (Lipinski definition) is 8. The summed E-state index contributed by atoms with van der Waals surface area (Å²) < 4.78 is 28.4. The van der Waals surface area contributed by atoms with Gasteiger partial charge in [-0.25, -0.2) is 0 Å². The lowest BCUT2D eigenvalue weighted by molar-refractivity contribution is -0.193. The molecule has 0 aromatic rings. The van der Waals surface area contributed by atoms with Crippen LogP contribution in [0, 0.1) is 11.8 Å². The van der Waals surface area contributed by atoms with Crippen molar-refractivity contribution in [3.8, 4) is 0 Å². The molecule has 1 saturated carbocycles. The molecule has 218 valence electrons. The molecule has 1 saturated heterocycles. The van der Waals surface area contributed by atoms with Crippen LogP contribution in [0.3, 0.4) is 0 Å². The van der Waals surface area contributed by atoms with E-state index in [2.05, 4.69) is 6.92 Å². The Kier molecular flexibility index (Phi) is 14.5. The van der Waals surface area contributed by atoms with Gasteiger partial charge in [0.1, 0.15) is 11.7 Å². The van der Waals surface area contributed by atoms with Crippen LogP contribution in [0.2, 0.25) is 0 Å². The number of carbonyl (C=O) groups excluding carboxylic acids is 3. The fourth-order valence-corrected chi connectivity index (χ4v) is 5.56. The van der Waals surface area contributed by atoms with E-state index in [9.17, 15) is 14.4 Å². The van der Waals surface area contributed by atoms with Crippen molar-refractivity contribution in [3.63, 3.8) is 0 Å². The van der Waals surface area contributed by atoms with Gasteiger partial charge in [0, 0.05) is 45.3 Å². The molecule has 0 amide bonds. The van der Waals surface area contributed by atoms with Gasteiger partial charge in [-0.15, -0.1) is 0 Å². The van der Waals surface area contributed by atoms with Crippen LogP contribution in [0.25, 0.3) is 0 Å². The van der Waals surface area contributed by atoms with Crippen LogP contribution >= 0.6 is 0 Å². The van der Waals surface area contributed by atoms with Crippen LogP contribution in [0.4, 0.5) is 0 Å². The summed E-state index contributed by atoms with van der Waals surface area (Å²) >= 11 is 0. The van der Waals surface area contributed by atoms with Gasteiger partial charge < -0.3 is 23.7 Å². The maximum Gasteiger partial charge on any atom is 0.305 e. The lowest BCUT2D eigenvalue weighted by Crippen LogP contribution is -2.36. The van der Waals surface area contributed by atoms with Crippen molar-refractivity contribution < 1.29 is 38.1 Å². The second-order valence-electron chi connectivity index (χ2n) is 10.9. The largest absolute Gasteiger partial charge is 0.469 e. The minimum atomic E-state index is -0.863. The number of methoxy groups -OCH3 is 2. The minimum absolute atomic E-state index is 0.0293. The first-order valence-corrected chi connectivity index (χ1v) is 14.5. The monoisotopic (exact) mass is 538 g/mol. The molecular formula is C30H50O8. The summed E-state index contributed by atoms with van der Waals surface area (Å²) in [5, 5.41) is 0. The van der Waals surface area contributed by atoms with Crippen LogP contribution in [0.15, 0.2) is 12.2 Å². The van der Waals surface area contributed by atoms with E-state index < -0.39 is 5.60 Å². The summed E-state index contributed by atoms with van der Waals surface area (Å²) in [6, 6.07) is 0. The number of esters is 2. The SMILES string of the molecule is CCCCC(C)(OC)C(=O)/C=C/[C@@H]1[C@@H](CCCCCCC(=O)OC)[C@@H](OC(C)=O)C[C@H]1OC1CCCCO1. The number of ether oxygens (including phenoxy) is 5. The van der Waals surface area contributed by atoms with Gasteiger partial charge in [0.15, 0.2) is 12.1 Å². The summed E-state index contributed by atoms with van der Waals surface area (Å²) in [6.07, 6.45) is 13.8. The lowest BCUT2D eigenvalue weighted by atomic mass is 9.86. The molecule has 8 nitrogen and oxygen atoms in total. The van der Waals surface area contributed by atoms with E-state index in [1.807, 2.05) is 13.0 Å². The predicted molar refractivity (Wildman–Crippen MR) is 144 cm³/mol. The molecule has 8 heteroatoms. The number of hydrogen-bond donors (Lipinski definition) is 0. The van der Waals surface area contributed by atoms with E-state index in [0.29, 0.717) is 25.9 Å². The normalized spacial score (nSPS) is 27.2. The van der Waals surface area contributed by atoms with E-state index >= 15 is 0 Å². The number of ketones is 1. The summed E-state index contributed by atoms with van der Waals surface area (Å²) in [5.74, 6) is -0.605. The van der Waals surface area contributed by atoms with E-state index in [0.717, 1.165) is 64.2 Å². The van der Waals surface area contributed by atoms with Crippen LogP contribution in [0.1, 0.15) is 104 Å². The molecule has 0 aromatic carbocycles. The first-order chi connectivity index (χ1) is 18.2. The van der Waals surface area contributed by atoms with Crippen LogP contribution in [-0.4, -0.2) is 62.6 Å². The maximum absolute atomic E-state index is 13.2. The molecule has 0 bridgehead atoms. The van der Waals surface area contributed by atoms with Crippen LogP contribution < -0.4 is 0 Å². The number of rotatable bonds is 17. The van der Waals surface area contributed by atoms with Crippen molar-refractivity contribution in [2.75, 3.05) is 20.8 Å². The molecule has 6 atom stereocenters. The van der Waals surface area contributed by atoms with Crippen molar-refractivity contribution in [3.05, 3.63) is 12.2 Å². The van der Waals surface area contributed by atoms with Gasteiger partial charge in [-0.2, -0.15) is 0 Å². The molecule has 0 radical (unpaired) electrons. The predicted octanol–water partition coefficient (Wildman–Crippen LogP) is 5.70. The zero-order valence-electron chi connectivity index (χ0n) is 24.2. The van der Waals surface area contributed by atoms with Crippen molar-refractivity contribution >= 4 is 17.7 Å². The van der Waals surface area contributed by atoms with Gasteiger partial charge in [0.25, 0.3) is 0 Å². The third kappa shape index (κ3) is 10.4. The molecular weight excluding hydrogens is 488 g/mol. The molecule has 2 aliphatic rings. The lowest BCUT2D eigenvalue weighted by Gasteiger charge is -2.29.